The molecule has 8 heteroatoms. The number of hydrogen-bond acceptors (Lipinski definition) is 8. The highest BCUT2D eigenvalue weighted by atomic mass is 15.3. The van der Waals surface area contributed by atoms with Crippen LogP contribution in [-0.4, -0.2) is 19.9 Å². The lowest BCUT2D eigenvalue weighted by Gasteiger charge is -2.34. The van der Waals surface area contributed by atoms with Gasteiger partial charge in [0.2, 0.25) is 0 Å². The van der Waals surface area contributed by atoms with Crippen LogP contribution < -0.4 is 19.6 Å². The predicted molar refractivity (Wildman–Crippen MR) is 265 cm³/mol. The van der Waals surface area contributed by atoms with Crippen LogP contribution in [0.3, 0.4) is 0 Å². The summed E-state index contributed by atoms with van der Waals surface area (Å²) in [6, 6.07) is 58.8. The standard InChI is InChI=1S/C56H50N8/c1-39-21-20-34-58-53(39)62(46-24-13-8-14-25-46)52-33-36-59-56(44(52)6)64(48-28-17-10-18-29-48)55-41(3)37-40(2)54(60-55)63(47-26-15-9-16-27-47)51-31-19-30-50(43(51)5)61(45-22-11-7-12-23-45)49-32-35-57-38-42(49)4/h7-38H,1-6H3. The average Bonchev–Trinajstić information content (AvgIpc) is 3.32. The third kappa shape index (κ3) is 7.93. The molecule has 9 aromatic rings. The first kappa shape index (κ1) is 41.3. The lowest BCUT2D eigenvalue weighted by atomic mass is 10.0. The molecule has 0 amide bonds. The highest BCUT2D eigenvalue weighted by Crippen LogP contribution is 2.47. The highest BCUT2D eigenvalue weighted by molar-refractivity contribution is 5.89. The van der Waals surface area contributed by atoms with Gasteiger partial charge >= 0.3 is 0 Å². The van der Waals surface area contributed by atoms with Crippen molar-refractivity contribution in [2.75, 3.05) is 19.6 Å². The minimum Gasteiger partial charge on any atom is -0.310 e. The van der Waals surface area contributed by atoms with Crippen LogP contribution in [0.2, 0.25) is 0 Å². The van der Waals surface area contributed by atoms with Crippen molar-refractivity contribution < 1.29 is 0 Å². The van der Waals surface area contributed by atoms with E-state index >= 15 is 0 Å². The Balaban J connectivity index is 1.25. The summed E-state index contributed by atoms with van der Waals surface area (Å²) in [5, 5.41) is 0. The average molecular weight is 835 g/mol. The Kier molecular flexibility index (Phi) is 11.7. The van der Waals surface area contributed by atoms with Gasteiger partial charge in [0.1, 0.15) is 23.3 Å². The third-order valence-electron chi connectivity index (χ3n) is 11.6. The number of benzene rings is 5. The molecule has 314 valence electrons. The maximum absolute atomic E-state index is 5.73. The zero-order chi connectivity index (χ0) is 44.2. The molecule has 64 heavy (non-hydrogen) atoms. The molecule has 0 fully saturated rings. The lowest BCUT2D eigenvalue weighted by Crippen LogP contribution is -2.21. The molecule has 0 aliphatic rings. The van der Waals surface area contributed by atoms with Gasteiger partial charge in [-0.05, 0) is 154 Å². The molecule has 0 bridgehead atoms. The lowest BCUT2D eigenvalue weighted by molar-refractivity contribution is 1.05. The summed E-state index contributed by atoms with van der Waals surface area (Å²) < 4.78 is 0. The zero-order valence-corrected chi connectivity index (χ0v) is 37.1. The molecule has 0 aliphatic carbocycles. The van der Waals surface area contributed by atoms with Gasteiger partial charge in [-0.25, -0.2) is 15.0 Å². The number of anilines is 12. The van der Waals surface area contributed by atoms with Crippen LogP contribution in [0.4, 0.5) is 68.8 Å². The van der Waals surface area contributed by atoms with E-state index in [2.05, 4.69) is 218 Å². The smallest absolute Gasteiger partial charge is 0.144 e. The van der Waals surface area contributed by atoms with Crippen molar-refractivity contribution >= 4 is 68.8 Å². The zero-order valence-electron chi connectivity index (χ0n) is 37.1. The van der Waals surface area contributed by atoms with Gasteiger partial charge in [-0.1, -0.05) is 84.9 Å². The second kappa shape index (κ2) is 18.1. The van der Waals surface area contributed by atoms with E-state index in [0.717, 1.165) is 102 Å². The molecule has 5 aromatic carbocycles. The van der Waals surface area contributed by atoms with Gasteiger partial charge in [0.05, 0.1) is 22.7 Å². The van der Waals surface area contributed by atoms with Gasteiger partial charge < -0.3 is 4.90 Å². The number of aromatic nitrogens is 4. The molecule has 0 saturated carbocycles. The summed E-state index contributed by atoms with van der Waals surface area (Å²) in [6.07, 6.45) is 7.52. The molecule has 0 saturated heterocycles. The molecule has 0 atom stereocenters. The quantitative estimate of drug-likeness (QED) is 0.121. The van der Waals surface area contributed by atoms with Crippen molar-refractivity contribution in [1.29, 1.82) is 0 Å². The van der Waals surface area contributed by atoms with E-state index in [0.29, 0.717) is 0 Å². The monoisotopic (exact) mass is 834 g/mol. The molecule has 8 nitrogen and oxygen atoms in total. The number of rotatable bonds is 12. The van der Waals surface area contributed by atoms with Crippen molar-refractivity contribution in [2.45, 2.75) is 41.5 Å². The van der Waals surface area contributed by atoms with Crippen molar-refractivity contribution in [3.05, 3.63) is 228 Å². The van der Waals surface area contributed by atoms with Crippen LogP contribution in [-0.2, 0) is 0 Å². The summed E-state index contributed by atoms with van der Waals surface area (Å²) in [5.41, 5.74) is 14.3. The normalized spacial score (nSPS) is 11.0. The molecule has 0 radical (unpaired) electrons. The Bertz CT molecular complexity index is 2830. The second-order valence-corrected chi connectivity index (χ2v) is 16.0. The Labute approximate surface area is 376 Å². The first-order valence-corrected chi connectivity index (χ1v) is 21.6. The van der Waals surface area contributed by atoms with Gasteiger partial charge in [0, 0.05) is 53.1 Å². The number of hydrogen-bond donors (Lipinski definition) is 0. The largest absolute Gasteiger partial charge is 0.310 e. The van der Waals surface area contributed by atoms with E-state index in [1.165, 1.54) is 0 Å². The van der Waals surface area contributed by atoms with Crippen LogP contribution in [0.1, 0.15) is 33.4 Å². The molecule has 0 N–H and O–H groups in total. The Hall–Kier alpha value is -8.10. The van der Waals surface area contributed by atoms with E-state index in [1.54, 1.807) is 0 Å². The van der Waals surface area contributed by atoms with Gasteiger partial charge in [-0.2, -0.15) is 0 Å². The fourth-order valence-corrected chi connectivity index (χ4v) is 8.50. The van der Waals surface area contributed by atoms with Gasteiger partial charge in [0.15, 0.2) is 0 Å². The number of nitrogens with zero attached hydrogens (tertiary/aromatic N) is 8. The van der Waals surface area contributed by atoms with Gasteiger partial charge in [0.25, 0.3) is 0 Å². The van der Waals surface area contributed by atoms with Crippen molar-refractivity contribution in [1.82, 2.24) is 19.9 Å². The van der Waals surface area contributed by atoms with Crippen LogP contribution in [0.15, 0.2) is 195 Å². The summed E-state index contributed by atoms with van der Waals surface area (Å²) in [7, 11) is 0. The molecule has 0 spiro atoms. The van der Waals surface area contributed by atoms with E-state index in [1.807, 2.05) is 43.0 Å². The fraction of sp³-hybridized carbons (Fsp3) is 0.107. The topological polar surface area (TPSA) is 64.5 Å². The van der Waals surface area contributed by atoms with Gasteiger partial charge in [-0.3, -0.25) is 19.7 Å². The van der Waals surface area contributed by atoms with E-state index in [9.17, 15) is 0 Å². The molecule has 4 aromatic heterocycles. The predicted octanol–water partition coefficient (Wildman–Crippen LogP) is 15.0. The van der Waals surface area contributed by atoms with Crippen LogP contribution in [0.25, 0.3) is 0 Å². The van der Waals surface area contributed by atoms with Crippen molar-refractivity contribution in [3.63, 3.8) is 0 Å². The van der Waals surface area contributed by atoms with E-state index in [4.69, 9.17) is 15.0 Å². The number of aryl methyl sites for hydroxylation is 4. The van der Waals surface area contributed by atoms with Crippen LogP contribution in [0, 0.1) is 41.5 Å². The van der Waals surface area contributed by atoms with Crippen LogP contribution in [0.5, 0.6) is 0 Å². The first-order chi connectivity index (χ1) is 31.3. The summed E-state index contributed by atoms with van der Waals surface area (Å²) in [5.74, 6) is 3.20. The van der Waals surface area contributed by atoms with E-state index < -0.39 is 0 Å². The fourth-order valence-electron chi connectivity index (χ4n) is 8.50. The molecule has 0 unspecified atom stereocenters. The van der Waals surface area contributed by atoms with Crippen molar-refractivity contribution in [2.24, 2.45) is 0 Å². The van der Waals surface area contributed by atoms with Gasteiger partial charge in [-0.15, -0.1) is 0 Å². The molecular formula is C56H50N8. The Morgan fingerprint density at radius 2 is 0.781 bits per heavy atom. The minimum absolute atomic E-state index is 0.763. The Morgan fingerprint density at radius 1 is 0.312 bits per heavy atom. The first-order valence-electron chi connectivity index (χ1n) is 21.6. The van der Waals surface area contributed by atoms with E-state index in [-0.39, 0.29) is 0 Å². The summed E-state index contributed by atoms with van der Waals surface area (Å²) in [4.78, 5) is 29.3. The molecule has 9 rings (SSSR count). The SMILES string of the molecule is Cc1cnccc1N(c1ccccc1)c1cccc(N(c2ccccc2)c2nc(N(c3ccccc3)c3nccc(N(c4ccccc4)c4ncccc4C)c3C)c(C)cc2C)c1C. The Morgan fingerprint density at radius 3 is 1.34 bits per heavy atom. The van der Waals surface area contributed by atoms with Crippen molar-refractivity contribution in [3.8, 4) is 0 Å². The summed E-state index contributed by atoms with van der Waals surface area (Å²) >= 11 is 0. The number of pyridine rings is 4. The highest BCUT2D eigenvalue weighted by Gasteiger charge is 2.28. The van der Waals surface area contributed by atoms with Crippen LogP contribution >= 0.6 is 0 Å². The molecule has 0 aliphatic heterocycles. The molecule has 4 heterocycles. The number of para-hydroxylation sites is 4. The second-order valence-electron chi connectivity index (χ2n) is 16.0. The minimum atomic E-state index is 0.763. The maximum atomic E-state index is 5.73. The maximum Gasteiger partial charge on any atom is 0.144 e. The third-order valence-corrected chi connectivity index (χ3v) is 11.6. The molecular weight excluding hydrogens is 785 g/mol. The summed E-state index contributed by atoms with van der Waals surface area (Å²) in [6.45, 7) is 12.8.